The van der Waals surface area contributed by atoms with Gasteiger partial charge in [0.2, 0.25) is 0 Å². The van der Waals surface area contributed by atoms with E-state index in [-0.39, 0.29) is 0 Å². The Morgan fingerprint density at radius 1 is 0.944 bits per heavy atom. The van der Waals surface area contributed by atoms with Gasteiger partial charge in [-0.2, -0.15) is 0 Å². The summed E-state index contributed by atoms with van der Waals surface area (Å²) >= 11 is 0. The van der Waals surface area contributed by atoms with Crippen molar-refractivity contribution in [2.24, 2.45) is 4.36 Å². The van der Waals surface area contributed by atoms with Crippen LogP contribution in [0.2, 0.25) is 0 Å². The molecule has 0 radical (unpaired) electrons. The first-order valence-electron chi connectivity index (χ1n) is 5.66. The van der Waals surface area contributed by atoms with Crippen LogP contribution in [0.5, 0.6) is 0 Å². The maximum Gasteiger partial charge on any atom is 0.0765 e. The first kappa shape index (κ1) is 12.6. The minimum Gasteiger partial charge on any atom is -0.245 e. The quantitative estimate of drug-likeness (QED) is 0.822. The topological polar surface area (TPSA) is 29.4 Å². The maximum absolute atomic E-state index is 12.4. The number of hydrogen-bond donors (Lipinski definition) is 0. The Morgan fingerprint density at radius 2 is 1.50 bits per heavy atom. The molecule has 0 amide bonds. The molecule has 18 heavy (non-hydrogen) atoms. The Bertz CT molecular complexity index is 639. The van der Waals surface area contributed by atoms with Crippen molar-refractivity contribution in [1.82, 2.24) is 0 Å². The molecule has 0 N–H and O–H groups in total. The minimum atomic E-state index is -2.34. The highest BCUT2D eigenvalue weighted by Gasteiger charge is 2.02. The van der Waals surface area contributed by atoms with Crippen LogP contribution in [0.15, 0.2) is 76.1 Å². The number of hydrogen-bond acceptors (Lipinski definition) is 2. The summed E-state index contributed by atoms with van der Waals surface area (Å²) in [5.41, 5.74) is 1.05. The van der Waals surface area contributed by atoms with Crippen LogP contribution < -0.4 is 0 Å². The third-order valence-corrected chi connectivity index (χ3v) is 4.18. The summed E-state index contributed by atoms with van der Waals surface area (Å²) in [4.78, 5) is 0.753. The highest BCUT2D eigenvalue weighted by atomic mass is 32.2. The van der Waals surface area contributed by atoms with E-state index in [0.29, 0.717) is 0 Å². The molecule has 3 heteroatoms. The summed E-state index contributed by atoms with van der Waals surface area (Å²) in [5.74, 6) is 0. The molecule has 0 fully saturated rings. The fourth-order valence-electron chi connectivity index (χ4n) is 1.53. The lowest BCUT2D eigenvalue weighted by atomic mass is 10.2. The first-order chi connectivity index (χ1) is 8.68. The lowest BCUT2D eigenvalue weighted by Gasteiger charge is -2.01. The monoisotopic (exact) mass is 257 g/mol. The molecule has 92 valence electrons. The van der Waals surface area contributed by atoms with Gasteiger partial charge in [-0.05, 0) is 23.8 Å². The molecular formula is C15H15NOS. The predicted octanol–water partition coefficient (Wildman–Crippen LogP) is 3.81. The zero-order chi connectivity index (χ0) is 12.8. The van der Waals surface area contributed by atoms with Crippen molar-refractivity contribution >= 4 is 15.8 Å². The molecule has 0 aliphatic carbocycles. The molecule has 1 unspecified atom stereocenters. The van der Waals surface area contributed by atoms with Crippen LogP contribution in [-0.2, 0) is 9.73 Å². The van der Waals surface area contributed by atoms with Crippen molar-refractivity contribution in [3.05, 3.63) is 72.4 Å². The molecule has 0 spiro atoms. The molecule has 2 rings (SSSR count). The first-order valence-corrected chi connectivity index (χ1v) is 7.59. The summed E-state index contributed by atoms with van der Waals surface area (Å²) in [6.45, 7) is 0. The van der Waals surface area contributed by atoms with Crippen LogP contribution in [0.1, 0.15) is 5.56 Å². The summed E-state index contributed by atoms with van der Waals surface area (Å²) in [5, 5.41) is 0. The Hall–Kier alpha value is -1.87. The van der Waals surface area contributed by atoms with Crippen molar-refractivity contribution in [3.63, 3.8) is 0 Å². The SMILES string of the molecule is CS(=O)(=N/C=C\c1ccccc1)c1ccccc1. The molecule has 0 bridgehead atoms. The van der Waals surface area contributed by atoms with Crippen LogP contribution in [-0.4, -0.2) is 10.5 Å². The molecule has 2 aromatic rings. The zero-order valence-electron chi connectivity index (χ0n) is 10.2. The van der Waals surface area contributed by atoms with Gasteiger partial charge in [-0.1, -0.05) is 48.5 Å². The van der Waals surface area contributed by atoms with E-state index in [1.54, 1.807) is 12.5 Å². The largest absolute Gasteiger partial charge is 0.245 e. The van der Waals surface area contributed by atoms with Crippen molar-refractivity contribution in [3.8, 4) is 0 Å². The molecule has 0 saturated carbocycles. The Kier molecular flexibility index (Phi) is 3.95. The molecule has 2 aromatic carbocycles. The zero-order valence-corrected chi connectivity index (χ0v) is 11.0. The lowest BCUT2D eigenvalue weighted by Crippen LogP contribution is -1.95. The highest BCUT2D eigenvalue weighted by molar-refractivity contribution is 7.93. The van der Waals surface area contributed by atoms with Crippen LogP contribution in [0, 0.1) is 0 Å². The fourth-order valence-corrected chi connectivity index (χ4v) is 2.61. The third kappa shape index (κ3) is 3.31. The van der Waals surface area contributed by atoms with E-state index in [1.165, 1.54) is 0 Å². The average molecular weight is 257 g/mol. The average Bonchev–Trinajstić information content (AvgIpc) is 2.41. The Balaban J connectivity index is 2.24. The van der Waals surface area contributed by atoms with Gasteiger partial charge in [0.05, 0.1) is 9.73 Å². The van der Waals surface area contributed by atoms with E-state index in [0.717, 1.165) is 10.5 Å². The highest BCUT2D eigenvalue weighted by Crippen LogP contribution is 2.11. The summed E-state index contributed by atoms with van der Waals surface area (Å²) in [7, 11) is -2.34. The van der Waals surface area contributed by atoms with E-state index in [1.807, 2.05) is 66.7 Å². The van der Waals surface area contributed by atoms with Gasteiger partial charge in [-0.25, -0.2) is 8.57 Å². The third-order valence-electron chi connectivity index (χ3n) is 2.51. The molecule has 2 nitrogen and oxygen atoms in total. The Labute approximate surface area is 108 Å². The van der Waals surface area contributed by atoms with Crippen LogP contribution in [0.25, 0.3) is 6.08 Å². The summed E-state index contributed by atoms with van der Waals surface area (Å²) in [6, 6.07) is 19.1. The molecule has 0 aliphatic rings. The van der Waals surface area contributed by atoms with Gasteiger partial charge in [0.15, 0.2) is 0 Å². The van der Waals surface area contributed by atoms with Gasteiger partial charge in [-0.3, -0.25) is 0 Å². The minimum absolute atomic E-state index is 0.753. The van der Waals surface area contributed by atoms with Gasteiger partial charge in [0, 0.05) is 17.4 Å². The molecular weight excluding hydrogens is 242 g/mol. The summed E-state index contributed by atoms with van der Waals surface area (Å²) < 4.78 is 16.5. The number of benzene rings is 2. The molecule has 0 aliphatic heterocycles. The van der Waals surface area contributed by atoms with E-state index >= 15 is 0 Å². The second-order valence-electron chi connectivity index (χ2n) is 3.95. The van der Waals surface area contributed by atoms with Crippen molar-refractivity contribution < 1.29 is 4.21 Å². The maximum atomic E-state index is 12.4. The van der Waals surface area contributed by atoms with Gasteiger partial charge in [0.1, 0.15) is 0 Å². The molecule has 0 heterocycles. The van der Waals surface area contributed by atoms with Gasteiger partial charge >= 0.3 is 0 Å². The van der Waals surface area contributed by atoms with E-state index in [2.05, 4.69) is 4.36 Å². The molecule has 0 aromatic heterocycles. The van der Waals surface area contributed by atoms with Crippen molar-refractivity contribution in [2.75, 3.05) is 6.26 Å². The molecule has 0 saturated heterocycles. The second-order valence-corrected chi connectivity index (χ2v) is 6.23. The smallest absolute Gasteiger partial charge is 0.0765 e. The number of rotatable bonds is 3. The lowest BCUT2D eigenvalue weighted by molar-refractivity contribution is 0.680. The van der Waals surface area contributed by atoms with Crippen LogP contribution in [0.4, 0.5) is 0 Å². The number of nitrogens with zero attached hydrogens (tertiary/aromatic N) is 1. The molecule has 1 atom stereocenters. The summed E-state index contributed by atoms with van der Waals surface area (Å²) in [6.07, 6.45) is 5.12. The van der Waals surface area contributed by atoms with Gasteiger partial charge < -0.3 is 0 Å². The standard InChI is InChI=1S/C15H15NOS/c1-18(17,15-10-6-3-7-11-15)16-13-12-14-8-4-2-5-9-14/h2-13H,1H3/b13-12-. The van der Waals surface area contributed by atoms with Crippen LogP contribution >= 0.6 is 0 Å². The van der Waals surface area contributed by atoms with E-state index < -0.39 is 9.73 Å². The Morgan fingerprint density at radius 3 is 2.11 bits per heavy atom. The van der Waals surface area contributed by atoms with Crippen molar-refractivity contribution in [1.29, 1.82) is 0 Å². The van der Waals surface area contributed by atoms with Gasteiger partial charge in [0.25, 0.3) is 0 Å². The van der Waals surface area contributed by atoms with Gasteiger partial charge in [-0.15, -0.1) is 0 Å². The van der Waals surface area contributed by atoms with Crippen LogP contribution in [0.3, 0.4) is 0 Å². The predicted molar refractivity (Wildman–Crippen MR) is 76.7 cm³/mol. The fraction of sp³-hybridized carbons (Fsp3) is 0.0667. The van der Waals surface area contributed by atoms with E-state index in [4.69, 9.17) is 0 Å². The van der Waals surface area contributed by atoms with Crippen molar-refractivity contribution in [2.45, 2.75) is 4.90 Å². The second kappa shape index (κ2) is 5.65. The van der Waals surface area contributed by atoms with E-state index in [9.17, 15) is 4.21 Å². The normalized spacial score (nSPS) is 14.3.